The molecule has 1 aromatic heterocycles. The number of hydrogen-bond acceptors (Lipinski definition) is 4. The van der Waals surface area contributed by atoms with Gasteiger partial charge in [0, 0.05) is 11.8 Å². The first-order chi connectivity index (χ1) is 7.83. The van der Waals surface area contributed by atoms with Gasteiger partial charge in [-0.1, -0.05) is 0 Å². The zero-order valence-corrected chi connectivity index (χ0v) is 9.24. The van der Waals surface area contributed by atoms with Crippen LogP contribution < -0.4 is 10.3 Å². The molecule has 0 saturated heterocycles. The van der Waals surface area contributed by atoms with Crippen molar-refractivity contribution in [2.24, 2.45) is 0 Å². The molecular weight excluding hydrogens is 241 g/mol. The van der Waals surface area contributed by atoms with Crippen molar-refractivity contribution in [3.05, 3.63) is 22.1 Å². The number of ether oxygens (including phenoxy) is 2. The number of alkyl halides is 3. The van der Waals surface area contributed by atoms with E-state index in [4.69, 9.17) is 4.74 Å². The summed E-state index contributed by atoms with van der Waals surface area (Å²) in [4.78, 5) is 15.4. The predicted molar refractivity (Wildman–Crippen MR) is 51.8 cm³/mol. The average Bonchev–Trinajstić information content (AvgIpc) is 2.18. The van der Waals surface area contributed by atoms with Crippen molar-refractivity contribution in [2.75, 3.05) is 13.7 Å². The van der Waals surface area contributed by atoms with Gasteiger partial charge >= 0.3 is 6.36 Å². The van der Waals surface area contributed by atoms with Gasteiger partial charge in [0.05, 0.1) is 20.3 Å². The highest BCUT2D eigenvalue weighted by atomic mass is 19.4. The Balaban J connectivity index is 2.80. The Morgan fingerprint density at radius 2 is 2.12 bits per heavy atom. The number of hydrogen-bond donors (Lipinski definition) is 0. The second-order valence-corrected chi connectivity index (χ2v) is 3.17. The molecule has 0 atom stereocenters. The van der Waals surface area contributed by atoms with Crippen molar-refractivity contribution in [1.29, 1.82) is 0 Å². The monoisotopic (exact) mass is 252 g/mol. The molecule has 1 heterocycles. The first kappa shape index (κ1) is 13.5. The highest BCUT2D eigenvalue weighted by Gasteiger charge is 2.28. The van der Waals surface area contributed by atoms with Crippen molar-refractivity contribution >= 4 is 0 Å². The van der Waals surface area contributed by atoms with Crippen molar-refractivity contribution in [3.8, 4) is 6.01 Å². The zero-order valence-electron chi connectivity index (χ0n) is 9.24. The summed E-state index contributed by atoms with van der Waals surface area (Å²) in [6.07, 6.45) is -4.71. The number of rotatable bonds is 4. The molecule has 0 aromatic carbocycles. The Morgan fingerprint density at radius 1 is 1.47 bits per heavy atom. The molecule has 0 saturated carbocycles. The van der Waals surface area contributed by atoms with E-state index in [-0.39, 0.29) is 12.6 Å². The van der Waals surface area contributed by atoms with Gasteiger partial charge in [0.25, 0.3) is 11.6 Å². The number of halogens is 3. The van der Waals surface area contributed by atoms with Gasteiger partial charge in [-0.3, -0.25) is 14.1 Å². The van der Waals surface area contributed by atoms with Gasteiger partial charge in [0.1, 0.15) is 0 Å². The molecule has 0 bridgehead atoms. The third kappa shape index (κ3) is 4.06. The molecule has 8 heteroatoms. The normalized spacial score (nSPS) is 11.6. The predicted octanol–water partition coefficient (Wildman–Crippen LogP) is 1.10. The summed E-state index contributed by atoms with van der Waals surface area (Å²) in [5.41, 5.74) is -0.0556. The molecule has 0 fully saturated rings. The third-order valence-corrected chi connectivity index (χ3v) is 1.86. The lowest BCUT2D eigenvalue weighted by atomic mass is 10.4. The number of aryl methyl sites for hydroxylation is 1. The second kappa shape index (κ2) is 5.17. The van der Waals surface area contributed by atoms with Crippen LogP contribution in [-0.2, 0) is 11.3 Å². The molecule has 0 amide bonds. The summed E-state index contributed by atoms with van der Waals surface area (Å²) in [6, 6.07) is 1.16. The SMILES string of the molecule is COc1nc(C)cc(=O)n1CCOC(F)(F)F. The van der Waals surface area contributed by atoms with Crippen LogP contribution in [0, 0.1) is 6.92 Å². The zero-order chi connectivity index (χ0) is 13.1. The maximum atomic E-state index is 11.7. The Labute approximate surface area is 94.8 Å². The summed E-state index contributed by atoms with van der Waals surface area (Å²) in [5, 5.41) is 0. The summed E-state index contributed by atoms with van der Waals surface area (Å²) < 4.78 is 44.6. The maximum absolute atomic E-state index is 11.7. The third-order valence-electron chi connectivity index (χ3n) is 1.86. The fourth-order valence-electron chi connectivity index (χ4n) is 1.21. The van der Waals surface area contributed by atoms with Gasteiger partial charge in [0.2, 0.25) is 0 Å². The number of aromatic nitrogens is 2. The first-order valence-electron chi connectivity index (χ1n) is 4.66. The molecule has 0 aliphatic rings. The van der Waals surface area contributed by atoms with Crippen LogP contribution in [0.3, 0.4) is 0 Å². The topological polar surface area (TPSA) is 53.3 Å². The smallest absolute Gasteiger partial charge is 0.468 e. The lowest BCUT2D eigenvalue weighted by molar-refractivity contribution is -0.325. The van der Waals surface area contributed by atoms with Gasteiger partial charge in [-0.2, -0.15) is 0 Å². The lowest BCUT2D eigenvalue weighted by Crippen LogP contribution is -2.26. The van der Waals surface area contributed by atoms with E-state index in [0.717, 1.165) is 4.57 Å². The van der Waals surface area contributed by atoms with Gasteiger partial charge in [0.15, 0.2) is 0 Å². The molecule has 5 nitrogen and oxygen atoms in total. The molecule has 17 heavy (non-hydrogen) atoms. The van der Waals surface area contributed by atoms with Crippen LogP contribution in [0.1, 0.15) is 5.69 Å². The quantitative estimate of drug-likeness (QED) is 0.805. The lowest BCUT2D eigenvalue weighted by Gasteiger charge is -2.12. The van der Waals surface area contributed by atoms with Crippen LogP contribution >= 0.6 is 0 Å². The summed E-state index contributed by atoms with van der Waals surface area (Å²) in [6.45, 7) is 0.625. The second-order valence-electron chi connectivity index (χ2n) is 3.17. The minimum Gasteiger partial charge on any atom is -0.468 e. The van der Waals surface area contributed by atoms with E-state index in [9.17, 15) is 18.0 Å². The average molecular weight is 252 g/mol. The van der Waals surface area contributed by atoms with Crippen molar-refractivity contribution in [2.45, 2.75) is 19.8 Å². The van der Waals surface area contributed by atoms with Crippen LogP contribution in [0.4, 0.5) is 13.2 Å². The van der Waals surface area contributed by atoms with E-state index in [1.165, 1.54) is 13.2 Å². The molecule has 0 radical (unpaired) electrons. The molecule has 0 N–H and O–H groups in total. The van der Waals surface area contributed by atoms with Gasteiger partial charge < -0.3 is 4.74 Å². The molecule has 0 spiro atoms. The maximum Gasteiger partial charge on any atom is 0.522 e. The van der Waals surface area contributed by atoms with Crippen LogP contribution in [0.2, 0.25) is 0 Å². The molecule has 1 aromatic rings. The largest absolute Gasteiger partial charge is 0.522 e. The van der Waals surface area contributed by atoms with E-state index in [0.29, 0.717) is 5.69 Å². The van der Waals surface area contributed by atoms with Crippen molar-refractivity contribution in [3.63, 3.8) is 0 Å². The molecule has 96 valence electrons. The van der Waals surface area contributed by atoms with Crippen LogP contribution in [0.5, 0.6) is 6.01 Å². The molecule has 0 unspecified atom stereocenters. The Bertz CT molecular complexity index is 442. The molecule has 1 rings (SSSR count). The minimum atomic E-state index is -4.71. The van der Waals surface area contributed by atoms with E-state index < -0.39 is 18.5 Å². The highest BCUT2D eigenvalue weighted by molar-refractivity contribution is 5.06. The highest BCUT2D eigenvalue weighted by Crippen LogP contribution is 2.16. The fourth-order valence-corrected chi connectivity index (χ4v) is 1.21. The van der Waals surface area contributed by atoms with E-state index in [1.807, 2.05) is 0 Å². The van der Waals surface area contributed by atoms with E-state index in [1.54, 1.807) is 6.92 Å². The molecule has 0 aliphatic carbocycles. The Morgan fingerprint density at radius 3 is 2.65 bits per heavy atom. The molecule has 0 aliphatic heterocycles. The summed E-state index contributed by atoms with van der Waals surface area (Å²) in [5.74, 6) is 0. The van der Waals surface area contributed by atoms with Gasteiger partial charge in [-0.15, -0.1) is 13.2 Å². The number of methoxy groups -OCH3 is 1. The van der Waals surface area contributed by atoms with Crippen molar-refractivity contribution < 1.29 is 22.6 Å². The van der Waals surface area contributed by atoms with Crippen molar-refractivity contribution in [1.82, 2.24) is 9.55 Å². The Hall–Kier alpha value is -1.57. The van der Waals surface area contributed by atoms with Crippen LogP contribution in [-0.4, -0.2) is 29.6 Å². The first-order valence-corrected chi connectivity index (χ1v) is 4.66. The molecular formula is C9H11F3N2O3. The van der Waals surface area contributed by atoms with Crippen LogP contribution in [0.25, 0.3) is 0 Å². The van der Waals surface area contributed by atoms with Gasteiger partial charge in [-0.05, 0) is 6.92 Å². The standard InChI is InChI=1S/C9H11F3N2O3/c1-6-5-7(15)14(8(13-6)16-2)3-4-17-9(10,11)12/h5H,3-4H2,1-2H3. The Kier molecular flexibility index (Phi) is 4.11. The van der Waals surface area contributed by atoms with Gasteiger partial charge in [-0.25, -0.2) is 4.98 Å². The fraction of sp³-hybridized carbons (Fsp3) is 0.556. The summed E-state index contributed by atoms with van der Waals surface area (Å²) in [7, 11) is 1.28. The van der Waals surface area contributed by atoms with Crippen LogP contribution in [0.15, 0.2) is 10.9 Å². The summed E-state index contributed by atoms with van der Waals surface area (Å²) >= 11 is 0. The van der Waals surface area contributed by atoms with E-state index >= 15 is 0 Å². The minimum absolute atomic E-state index is 0.0409. The number of nitrogens with zero attached hydrogens (tertiary/aromatic N) is 2. The van der Waals surface area contributed by atoms with E-state index in [2.05, 4.69) is 9.72 Å².